The van der Waals surface area contributed by atoms with Crippen LogP contribution in [0.15, 0.2) is 11.0 Å². The highest BCUT2D eigenvalue weighted by Gasteiger charge is 2.57. The van der Waals surface area contributed by atoms with Crippen LogP contribution in [0.3, 0.4) is 0 Å². The first-order valence-electron chi connectivity index (χ1n) is 5.71. The lowest BCUT2D eigenvalue weighted by atomic mass is 9.97. The van der Waals surface area contributed by atoms with Gasteiger partial charge < -0.3 is 20.7 Å². The Morgan fingerprint density at radius 3 is 2.90 bits per heavy atom. The second-order valence-corrected chi connectivity index (χ2v) is 5.08. The third kappa shape index (κ3) is 2.14. The number of aliphatic hydroxyl groups excluding tert-OH is 2. The molecule has 5 atom stereocenters. The molecule has 20 heavy (non-hydrogen) atoms. The first-order chi connectivity index (χ1) is 9.31. The summed E-state index contributed by atoms with van der Waals surface area (Å²) in [5, 5.41) is 23.4. The molecule has 1 saturated heterocycles. The monoisotopic (exact) mass is 300 g/mol. The van der Waals surface area contributed by atoms with Gasteiger partial charge in [0.05, 0.1) is 12.3 Å². The van der Waals surface area contributed by atoms with E-state index in [0.29, 0.717) is 0 Å². The van der Waals surface area contributed by atoms with Crippen molar-refractivity contribution in [2.75, 3.05) is 5.73 Å². The van der Waals surface area contributed by atoms with E-state index in [2.05, 4.69) is 16.0 Å². The van der Waals surface area contributed by atoms with Crippen molar-refractivity contribution in [3.8, 4) is 12.3 Å². The van der Waals surface area contributed by atoms with E-state index in [1.54, 1.807) is 0 Å². The second-order valence-electron chi connectivity index (χ2n) is 4.46. The molecule has 1 fully saturated rings. The van der Waals surface area contributed by atoms with Gasteiger partial charge in [-0.2, -0.15) is 14.8 Å². The molecule has 1 aliphatic heterocycles. The van der Waals surface area contributed by atoms with Crippen LogP contribution in [0, 0.1) is 12.3 Å². The van der Waals surface area contributed by atoms with Crippen molar-refractivity contribution in [3.05, 3.63) is 16.7 Å². The van der Waals surface area contributed by atoms with Crippen LogP contribution in [0.25, 0.3) is 0 Å². The lowest BCUT2D eigenvalue weighted by molar-refractivity contribution is -0.0809. The number of hydrogen-bond acceptors (Lipinski definition) is 7. The Labute approximate surface area is 119 Å². The van der Waals surface area contributed by atoms with Crippen molar-refractivity contribution in [3.63, 3.8) is 0 Å². The molecule has 2 heterocycles. The van der Waals surface area contributed by atoms with Crippen LogP contribution >= 0.6 is 11.6 Å². The second kappa shape index (κ2) is 5.03. The minimum atomic E-state index is -1.75. The van der Waals surface area contributed by atoms with Gasteiger partial charge in [-0.1, -0.05) is 17.5 Å². The molecule has 4 N–H and O–H groups in total. The van der Waals surface area contributed by atoms with Crippen molar-refractivity contribution in [2.24, 2.45) is 0 Å². The third-order valence-corrected chi connectivity index (χ3v) is 3.56. The third-order valence-electron chi connectivity index (χ3n) is 3.04. The lowest BCUT2D eigenvalue weighted by Crippen LogP contribution is -2.45. The van der Waals surface area contributed by atoms with Crippen molar-refractivity contribution in [1.82, 2.24) is 14.8 Å². The van der Waals surface area contributed by atoms with E-state index >= 15 is 0 Å². The number of hydrogen-bond donors (Lipinski definition) is 3. The van der Waals surface area contributed by atoms with Crippen molar-refractivity contribution in [1.29, 1.82) is 0 Å². The topological polar surface area (TPSA) is 123 Å². The number of ether oxygens (including phenoxy) is 1. The number of halogens is 1. The lowest BCUT2D eigenvalue weighted by Gasteiger charge is -2.24. The van der Waals surface area contributed by atoms with Crippen molar-refractivity contribution >= 4 is 17.4 Å². The highest BCUT2D eigenvalue weighted by molar-refractivity contribution is 6.27. The Balaban J connectivity index is 2.50. The Morgan fingerprint density at radius 2 is 2.40 bits per heavy atom. The maximum atomic E-state index is 11.8. The average Bonchev–Trinajstić information content (AvgIpc) is 2.64. The molecule has 2 rings (SSSR count). The molecule has 2 unspecified atom stereocenters. The Morgan fingerprint density at radius 1 is 1.75 bits per heavy atom. The molecule has 0 spiro atoms. The normalized spacial score (nSPS) is 34.6. The highest BCUT2D eigenvalue weighted by Crippen LogP contribution is 2.43. The number of aromatic nitrogens is 3. The molecule has 0 aromatic carbocycles. The van der Waals surface area contributed by atoms with E-state index in [1.807, 2.05) is 0 Å². The number of terminal acetylenes is 1. The fraction of sp³-hybridized carbons (Fsp3) is 0.545. The number of rotatable bonds is 2. The zero-order valence-electron chi connectivity index (χ0n) is 10.5. The minimum absolute atomic E-state index is 0.0715. The summed E-state index contributed by atoms with van der Waals surface area (Å²) in [5.41, 5.74) is 4.51. The zero-order valence-corrected chi connectivity index (χ0v) is 11.2. The number of nitrogens with zero attached hydrogens (tertiary/aromatic N) is 3. The van der Waals surface area contributed by atoms with Crippen LogP contribution in [0.4, 0.5) is 5.82 Å². The minimum Gasteiger partial charge on any atom is -0.391 e. The average molecular weight is 301 g/mol. The largest absolute Gasteiger partial charge is 0.391 e. The van der Waals surface area contributed by atoms with Gasteiger partial charge >= 0.3 is 5.69 Å². The number of aliphatic hydroxyl groups is 2. The maximum absolute atomic E-state index is 11.8. The van der Waals surface area contributed by atoms with Gasteiger partial charge in [0.25, 0.3) is 0 Å². The van der Waals surface area contributed by atoms with E-state index in [4.69, 9.17) is 28.5 Å². The van der Waals surface area contributed by atoms with Gasteiger partial charge in [-0.25, -0.2) is 4.79 Å². The summed E-state index contributed by atoms with van der Waals surface area (Å²) in [7, 11) is 0. The zero-order chi connectivity index (χ0) is 15.1. The maximum Gasteiger partial charge on any atom is 0.368 e. The van der Waals surface area contributed by atoms with E-state index < -0.39 is 35.1 Å². The van der Waals surface area contributed by atoms with E-state index in [-0.39, 0.29) is 5.82 Å². The van der Waals surface area contributed by atoms with Crippen LogP contribution in [0.5, 0.6) is 0 Å². The van der Waals surface area contributed by atoms with E-state index in [1.165, 1.54) is 6.92 Å². The number of nitrogens with two attached hydrogens (primary N) is 1. The molecule has 108 valence electrons. The Kier molecular flexibility index (Phi) is 3.71. The molecule has 9 heteroatoms. The van der Waals surface area contributed by atoms with Gasteiger partial charge in [-0.05, 0) is 6.92 Å². The summed E-state index contributed by atoms with van der Waals surface area (Å²) in [6.45, 7) is 1.40. The summed E-state index contributed by atoms with van der Waals surface area (Å²) >= 11 is 6.18. The molecule has 1 aliphatic rings. The van der Waals surface area contributed by atoms with E-state index in [0.717, 1.165) is 10.9 Å². The first kappa shape index (κ1) is 14.7. The van der Waals surface area contributed by atoms with Crippen molar-refractivity contribution < 1.29 is 14.9 Å². The molecular weight excluding hydrogens is 288 g/mol. The molecule has 1 aromatic heterocycles. The predicted molar refractivity (Wildman–Crippen MR) is 69.7 cm³/mol. The van der Waals surface area contributed by atoms with Crippen molar-refractivity contribution in [2.45, 2.75) is 36.3 Å². The van der Waals surface area contributed by atoms with Gasteiger partial charge in [-0.3, -0.25) is 0 Å². The fourth-order valence-corrected chi connectivity index (χ4v) is 2.27. The van der Waals surface area contributed by atoms with Crippen LogP contribution in [0.2, 0.25) is 0 Å². The number of anilines is 1. The SMILES string of the molecule is C#CC1(Cl)C(O)[C@@H]([C@@H](C)O)O[C@H]1n1ncc(N)nc1=O. The van der Waals surface area contributed by atoms with Gasteiger partial charge in [-0.15, -0.1) is 6.42 Å². The summed E-state index contributed by atoms with van der Waals surface area (Å²) in [6.07, 6.45) is 1.71. The molecule has 1 aromatic rings. The highest BCUT2D eigenvalue weighted by atomic mass is 35.5. The smallest absolute Gasteiger partial charge is 0.368 e. The summed E-state index contributed by atoms with van der Waals surface area (Å²) in [5.74, 6) is 2.11. The predicted octanol–water partition coefficient (Wildman–Crippen LogP) is -1.53. The molecule has 0 bridgehead atoms. The molecule has 0 amide bonds. The summed E-state index contributed by atoms with van der Waals surface area (Å²) in [6, 6.07) is 0. The first-order valence-corrected chi connectivity index (χ1v) is 6.08. The van der Waals surface area contributed by atoms with Crippen LogP contribution in [0.1, 0.15) is 13.2 Å². The molecule has 0 radical (unpaired) electrons. The van der Waals surface area contributed by atoms with Gasteiger partial charge in [0.1, 0.15) is 18.0 Å². The van der Waals surface area contributed by atoms with Crippen LogP contribution in [-0.2, 0) is 4.74 Å². The number of alkyl halides is 1. The number of nitrogen functional groups attached to an aromatic ring is 1. The summed E-state index contributed by atoms with van der Waals surface area (Å²) in [4.78, 5) is 13.5. The molecule has 0 saturated carbocycles. The Bertz CT molecular complexity index is 613. The van der Waals surface area contributed by atoms with Crippen LogP contribution < -0.4 is 11.4 Å². The van der Waals surface area contributed by atoms with Gasteiger partial charge in [0.15, 0.2) is 11.1 Å². The molecule has 8 nitrogen and oxygen atoms in total. The van der Waals surface area contributed by atoms with Gasteiger partial charge in [0.2, 0.25) is 0 Å². The summed E-state index contributed by atoms with van der Waals surface area (Å²) < 4.78 is 6.18. The quantitative estimate of drug-likeness (QED) is 0.447. The van der Waals surface area contributed by atoms with Crippen LogP contribution in [-0.4, -0.2) is 48.2 Å². The molecule has 0 aliphatic carbocycles. The fourth-order valence-electron chi connectivity index (χ4n) is 2.00. The van der Waals surface area contributed by atoms with Gasteiger partial charge in [0, 0.05) is 0 Å². The molecular formula is C11H13ClN4O4. The Hall–Kier alpha value is -1.66. The standard InChI is InChI=1S/C11H13ClN4O4/c1-3-11(12)8(18)7(5(2)17)20-9(11)16-10(19)15-6(13)4-14-16/h1,4-5,7-9,17-18H,2H3,(H2,13,15,19)/t5-,7-,8?,9-,11?/m1/s1. The van der Waals surface area contributed by atoms with E-state index in [9.17, 15) is 15.0 Å².